The lowest BCUT2D eigenvalue weighted by Gasteiger charge is -2.19. The van der Waals surface area contributed by atoms with E-state index in [9.17, 15) is 9.59 Å². The number of aromatic nitrogens is 2. The van der Waals surface area contributed by atoms with E-state index in [-0.39, 0.29) is 30.4 Å². The number of rotatable bonds is 8. The highest BCUT2D eigenvalue weighted by molar-refractivity contribution is 6.00. The van der Waals surface area contributed by atoms with E-state index in [0.29, 0.717) is 26.1 Å². The molecule has 0 spiro atoms. The molecule has 3 heterocycles. The molecule has 2 aliphatic rings. The van der Waals surface area contributed by atoms with Crippen molar-refractivity contribution in [3.8, 4) is 0 Å². The van der Waals surface area contributed by atoms with Crippen molar-refractivity contribution in [2.24, 2.45) is 0 Å². The zero-order valence-electron chi connectivity index (χ0n) is 19.2. The minimum absolute atomic E-state index is 0.0109. The summed E-state index contributed by atoms with van der Waals surface area (Å²) in [6, 6.07) is 10.3. The Morgan fingerprint density at radius 2 is 2.00 bits per heavy atom. The molecule has 2 amide bonds. The summed E-state index contributed by atoms with van der Waals surface area (Å²) in [7, 11) is 0. The van der Waals surface area contributed by atoms with Gasteiger partial charge in [-0.2, -0.15) is 0 Å². The molecule has 1 fully saturated rings. The average Bonchev–Trinajstić information content (AvgIpc) is 3.39. The van der Waals surface area contributed by atoms with Crippen LogP contribution in [0.3, 0.4) is 0 Å². The highest BCUT2D eigenvalue weighted by Gasteiger charge is 2.34. The standard InChI is InChI=1S/C25H32N4O3/c1-17(2)32-16-23(31)28-13-11-20(15-28)24-26-18(3)21-14-22(30)29(25(21)27-24)12-7-10-19-8-5-4-6-9-19/h4-6,8-9,17,20H,7,10-16H2,1-3H3. The van der Waals surface area contributed by atoms with E-state index in [2.05, 4.69) is 12.1 Å². The average molecular weight is 437 g/mol. The van der Waals surface area contributed by atoms with E-state index < -0.39 is 0 Å². The van der Waals surface area contributed by atoms with Crippen LogP contribution in [0.1, 0.15) is 55.3 Å². The third-order valence-corrected chi connectivity index (χ3v) is 6.23. The summed E-state index contributed by atoms with van der Waals surface area (Å²) in [6.07, 6.45) is 3.04. The molecular formula is C25H32N4O3. The number of nitrogens with zero attached hydrogens (tertiary/aromatic N) is 4. The summed E-state index contributed by atoms with van der Waals surface area (Å²) in [4.78, 5) is 38.4. The van der Waals surface area contributed by atoms with Gasteiger partial charge in [0.05, 0.1) is 12.5 Å². The first-order chi connectivity index (χ1) is 15.4. The summed E-state index contributed by atoms with van der Waals surface area (Å²) in [5.41, 5.74) is 3.09. The zero-order valence-corrected chi connectivity index (χ0v) is 19.2. The Hall–Kier alpha value is -2.80. The molecule has 1 aromatic carbocycles. The second-order valence-electron chi connectivity index (χ2n) is 8.97. The van der Waals surface area contributed by atoms with Crippen molar-refractivity contribution in [2.45, 2.75) is 58.5 Å². The molecule has 2 aromatic rings. The molecule has 1 unspecified atom stereocenters. The van der Waals surface area contributed by atoms with Gasteiger partial charge in [-0.1, -0.05) is 30.3 Å². The second-order valence-corrected chi connectivity index (χ2v) is 8.97. The van der Waals surface area contributed by atoms with Gasteiger partial charge >= 0.3 is 0 Å². The predicted molar refractivity (Wildman–Crippen MR) is 123 cm³/mol. The summed E-state index contributed by atoms with van der Waals surface area (Å²) in [5.74, 6) is 1.69. The van der Waals surface area contributed by atoms with Crippen LogP contribution in [0.4, 0.5) is 5.82 Å². The summed E-state index contributed by atoms with van der Waals surface area (Å²) < 4.78 is 5.47. The van der Waals surface area contributed by atoms with E-state index in [1.54, 1.807) is 0 Å². The number of anilines is 1. The molecule has 1 atom stereocenters. The van der Waals surface area contributed by atoms with Gasteiger partial charge in [-0.05, 0) is 45.6 Å². The van der Waals surface area contributed by atoms with Crippen molar-refractivity contribution in [3.63, 3.8) is 0 Å². The highest BCUT2D eigenvalue weighted by Crippen LogP contribution is 2.33. The van der Waals surface area contributed by atoms with Gasteiger partial charge in [-0.25, -0.2) is 9.97 Å². The van der Waals surface area contributed by atoms with Gasteiger partial charge in [0.1, 0.15) is 18.2 Å². The fraction of sp³-hybridized carbons (Fsp3) is 0.520. The molecule has 7 heteroatoms. The normalized spacial score (nSPS) is 18.0. The minimum Gasteiger partial charge on any atom is -0.369 e. The van der Waals surface area contributed by atoms with E-state index >= 15 is 0 Å². The van der Waals surface area contributed by atoms with Crippen LogP contribution in [0.15, 0.2) is 30.3 Å². The smallest absolute Gasteiger partial charge is 0.248 e. The topological polar surface area (TPSA) is 75.6 Å². The lowest BCUT2D eigenvalue weighted by atomic mass is 10.1. The van der Waals surface area contributed by atoms with Gasteiger partial charge < -0.3 is 9.64 Å². The number of benzene rings is 1. The Labute approximate surface area is 189 Å². The van der Waals surface area contributed by atoms with Gasteiger partial charge in [0.15, 0.2) is 0 Å². The van der Waals surface area contributed by atoms with Gasteiger partial charge in [0.25, 0.3) is 0 Å². The molecule has 4 rings (SSSR count). The van der Waals surface area contributed by atoms with Gasteiger partial charge in [-0.3, -0.25) is 14.5 Å². The fourth-order valence-electron chi connectivity index (χ4n) is 4.42. The minimum atomic E-state index is 0.0109. The summed E-state index contributed by atoms with van der Waals surface area (Å²) in [6.45, 7) is 7.85. The molecular weight excluding hydrogens is 404 g/mol. The number of amides is 2. The SMILES string of the molecule is Cc1nc(C2CCN(C(=O)COC(C)C)C2)nc2c1CC(=O)N2CCCc1ccccc1. The first kappa shape index (κ1) is 22.4. The first-order valence-electron chi connectivity index (χ1n) is 11.5. The third-order valence-electron chi connectivity index (χ3n) is 6.23. The maximum Gasteiger partial charge on any atom is 0.248 e. The fourth-order valence-corrected chi connectivity index (χ4v) is 4.42. The summed E-state index contributed by atoms with van der Waals surface area (Å²) >= 11 is 0. The van der Waals surface area contributed by atoms with E-state index in [0.717, 1.165) is 42.2 Å². The lowest BCUT2D eigenvalue weighted by molar-refractivity contribution is -0.136. The van der Waals surface area contributed by atoms with Crippen molar-refractivity contribution in [1.29, 1.82) is 0 Å². The number of likely N-dealkylation sites (tertiary alicyclic amines) is 1. The molecule has 32 heavy (non-hydrogen) atoms. The Morgan fingerprint density at radius 1 is 1.22 bits per heavy atom. The van der Waals surface area contributed by atoms with Gasteiger partial charge in [0.2, 0.25) is 11.8 Å². The van der Waals surface area contributed by atoms with E-state index in [1.807, 2.05) is 48.8 Å². The Morgan fingerprint density at radius 3 is 2.75 bits per heavy atom. The molecule has 0 N–H and O–H groups in total. The maximum atomic E-state index is 12.7. The Bertz CT molecular complexity index is 977. The zero-order chi connectivity index (χ0) is 22.7. The largest absolute Gasteiger partial charge is 0.369 e. The molecule has 1 saturated heterocycles. The van der Waals surface area contributed by atoms with Crippen molar-refractivity contribution in [1.82, 2.24) is 14.9 Å². The molecule has 170 valence electrons. The first-order valence-corrected chi connectivity index (χ1v) is 11.5. The van der Waals surface area contributed by atoms with Crippen molar-refractivity contribution in [3.05, 3.63) is 53.0 Å². The monoisotopic (exact) mass is 436 g/mol. The van der Waals surface area contributed by atoms with E-state index in [1.165, 1.54) is 5.56 Å². The molecule has 0 aliphatic carbocycles. The number of carbonyl (C=O) groups excluding carboxylic acids is 2. The number of aryl methyl sites for hydroxylation is 2. The van der Waals surface area contributed by atoms with Crippen molar-refractivity contribution in [2.75, 3.05) is 31.1 Å². The second kappa shape index (κ2) is 9.77. The van der Waals surface area contributed by atoms with Crippen molar-refractivity contribution >= 4 is 17.6 Å². The van der Waals surface area contributed by atoms with Crippen molar-refractivity contribution < 1.29 is 14.3 Å². The number of hydrogen-bond acceptors (Lipinski definition) is 5. The van der Waals surface area contributed by atoms with Crippen LogP contribution in [0.2, 0.25) is 0 Å². The number of hydrogen-bond donors (Lipinski definition) is 0. The lowest BCUT2D eigenvalue weighted by Crippen LogP contribution is -2.33. The third kappa shape index (κ3) is 4.99. The highest BCUT2D eigenvalue weighted by atomic mass is 16.5. The quantitative estimate of drug-likeness (QED) is 0.636. The predicted octanol–water partition coefficient (Wildman–Crippen LogP) is 3.05. The van der Waals surface area contributed by atoms with E-state index in [4.69, 9.17) is 14.7 Å². The molecule has 0 radical (unpaired) electrons. The Balaban J connectivity index is 1.43. The van der Waals surface area contributed by atoms with Gasteiger partial charge in [0, 0.05) is 36.8 Å². The molecule has 0 bridgehead atoms. The van der Waals surface area contributed by atoms with Crippen LogP contribution >= 0.6 is 0 Å². The number of carbonyl (C=O) groups is 2. The van der Waals surface area contributed by atoms with Crippen LogP contribution in [0.5, 0.6) is 0 Å². The Kier molecular flexibility index (Phi) is 6.84. The maximum absolute atomic E-state index is 12.7. The molecule has 1 aromatic heterocycles. The van der Waals surface area contributed by atoms with Crippen LogP contribution in [-0.2, 0) is 27.2 Å². The number of ether oxygens (including phenoxy) is 1. The van der Waals surface area contributed by atoms with Gasteiger partial charge in [-0.15, -0.1) is 0 Å². The molecule has 7 nitrogen and oxygen atoms in total. The van der Waals surface area contributed by atoms with Crippen LogP contribution < -0.4 is 4.90 Å². The number of fused-ring (bicyclic) bond motifs is 1. The molecule has 2 aliphatic heterocycles. The summed E-state index contributed by atoms with van der Waals surface area (Å²) in [5, 5.41) is 0. The molecule has 0 saturated carbocycles. The van der Waals surface area contributed by atoms with Crippen LogP contribution in [0, 0.1) is 6.92 Å². The van der Waals surface area contributed by atoms with Crippen LogP contribution in [0.25, 0.3) is 0 Å². The van der Waals surface area contributed by atoms with Crippen LogP contribution in [-0.4, -0.2) is 59.0 Å².